The van der Waals surface area contributed by atoms with Crippen LogP contribution in [0.4, 0.5) is 0 Å². The van der Waals surface area contributed by atoms with Crippen molar-refractivity contribution in [3.8, 4) is 10.6 Å². The molecule has 0 bridgehead atoms. The molecular formula is C20H19BrN2O2S. The number of ether oxygens (including phenoxy) is 1. The third kappa shape index (κ3) is 3.54. The quantitative estimate of drug-likeness (QED) is 0.637. The number of halogens is 1. The lowest BCUT2D eigenvalue weighted by Gasteiger charge is -2.14. The Balaban J connectivity index is 1.76. The third-order valence-corrected chi connectivity index (χ3v) is 5.95. The fourth-order valence-corrected chi connectivity index (χ4v) is 4.56. The molecule has 1 saturated heterocycles. The summed E-state index contributed by atoms with van der Waals surface area (Å²) in [5.41, 5.74) is 3.39. The molecule has 1 aliphatic rings. The van der Waals surface area contributed by atoms with Crippen molar-refractivity contribution in [1.29, 1.82) is 0 Å². The van der Waals surface area contributed by atoms with Gasteiger partial charge in [-0.15, -0.1) is 11.3 Å². The Bertz CT molecular complexity index is 950. The number of carbonyl (C=O) groups is 1. The van der Waals surface area contributed by atoms with Crippen LogP contribution in [0.5, 0.6) is 0 Å². The van der Waals surface area contributed by atoms with E-state index in [9.17, 15) is 4.79 Å². The van der Waals surface area contributed by atoms with Crippen LogP contribution >= 0.6 is 27.3 Å². The lowest BCUT2D eigenvalue weighted by molar-refractivity contribution is 0.0859. The second-order valence-electron chi connectivity index (χ2n) is 6.50. The molecule has 6 heteroatoms. The van der Waals surface area contributed by atoms with Gasteiger partial charge in [-0.3, -0.25) is 4.79 Å². The fourth-order valence-electron chi connectivity index (χ4n) is 3.30. The van der Waals surface area contributed by atoms with Gasteiger partial charge in [0.05, 0.1) is 27.8 Å². The van der Waals surface area contributed by atoms with Gasteiger partial charge in [0.25, 0.3) is 5.91 Å². The first-order valence-electron chi connectivity index (χ1n) is 8.66. The van der Waals surface area contributed by atoms with Crippen molar-refractivity contribution in [3.05, 3.63) is 51.3 Å². The molecule has 0 saturated carbocycles. The van der Waals surface area contributed by atoms with Gasteiger partial charge in [0.2, 0.25) is 0 Å². The highest BCUT2D eigenvalue weighted by Crippen LogP contribution is 2.31. The Labute approximate surface area is 164 Å². The van der Waals surface area contributed by atoms with E-state index in [0.717, 1.165) is 51.0 Å². The van der Waals surface area contributed by atoms with E-state index in [-0.39, 0.29) is 12.0 Å². The van der Waals surface area contributed by atoms with Crippen molar-refractivity contribution >= 4 is 44.1 Å². The summed E-state index contributed by atoms with van der Waals surface area (Å²) < 4.78 is 6.56. The van der Waals surface area contributed by atoms with E-state index in [0.29, 0.717) is 12.1 Å². The smallest absolute Gasteiger partial charge is 0.252 e. The molecule has 4 nitrogen and oxygen atoms in total. The van der Waals surface area contributed by atoms with Crippen molar-refractivity contribution in [1.82, 2.24) is 10.3 Å². The molecule has 134 valence electrons. The average Bonchev–Trinajstić information content (AvgIpc) is 3.32. The molecule has 3 heterocycles. The van der Waals surface area contributed by atoms with Gasteiger partial charge in [0, 0.05) is 23.0 Å². The van der Waals surface area contributed by atoms with Gasteiger partial charge in [-0.1, -0.05) is 22.0 Å². The van der Waals surface area contributed by atoms with Crippen LogP contribution in [0, 0.1) is 6.92 Å². The van der Waals surface area contributed by atoms with E-state index in [1.54, 1.807) is 11.3 Å². The van der Waals surface area contributed by atoms with Crippen LogP contribution in [-0.4, -0.2) is 30.1 Å². The molecule has 0 radical (unpaired) electrons. The summed E-state index contributed by atoms with van der Waals surface area (Å²) >= 11 is 5.16. The normalized spacial score (nSPS) is 16.9. The lowest BCUT2D eigenvalue weighted by atomic mass is 10.0. The Morgan fingerprint density at radius 3 is 3.04 bits per heavy atom. The molecule has 1 atom stereocenters. The summed E-state index contributed by atoms with van der Waals surface area (Å²) in [5.74, 6) is -0.0804. The maximum atomic E-state index is 13.0. The predicted molar refractivity (Wildman–Crippen MR) is 109 cm³/mol. The van der Waals surface area contributed by atoms with Crippen molar-refractivity contribution < 1.29 is 9.53 Å². The van der Waals surface area contributed by atoms with Crippen LogP contribution in [0.2, 0.25) is 0 Å². The van der Waals surface area contributed by atoms with Crippen LogP contribution in [0.1, 0.15) is 28.8 Å². The number of nitrogens with zero attached hydrogens (tertiary/aromatic N) is 1. The van der Waals surface area contributed by atoms with Gasteiger partial charge in [-0.05, 0) is 55.0 Å². The summed E-state index contributed by atoms with van der Waals surface area (Å²) in [6, 6.07) is 9.92. The highest BCUT2D eigenvalue weighted by Gasteiger charge is 2.19. The van der Waals surface area contributed by atoms with Gasteiger partial charge < -0.3 is 10.1 Å². The van der Waals surface area contributed by atoms with Gasteiger partial charge in [0.15, 0.2) is 0 Å². The van der Waals surface area contributed by atoms with E-state index >= 15 is 0 Å². The number of fused-ring (bicyclic) bond motifs is 1. The second kappa shape index (κ2) is 7.47. The van der Waals surface area contributed by atoms with Gasteiger partial charge in [-0.2, -0.15) is 0 Å². The molecule has 4 rings (SSSR count). The number of nitrogens with one attached hydrogen (secondary N) is 1. The lowest BCUT2D eigenvalue weighted by Crippen LogP contribution is -2.32. The van der Waals surface area contributed by atoms with Gasteiger partial charge in [0.1, 0.15) is 0 Å². The number of pyridine rings is 1. The topological polar surface area (TPSA) is 51.2 Å². The maximum Gasteiger partial charge on any atom is 0.252 e. The first-order chi connectivity index (χ1) is 12.6. The van der Waals surface area contributed by atoms with Crippen molar-refractivity contribution in [2.75, 3.05) is 13.2 Å². The molecular weight excluding hydrogens is 412 g/mol. The number of aryl methyl sites for hydroxylation is 1. The van der Waals surface area contributed by atoms with Crippen LogP contribution in [0.25, 0.3) is 21.5 Å². The Morgan fingerprint density at radius 1 is 1.42 bits per heavy atom. The van der Waals surface area contributed by atoms with Crippen molar-refractivity contribution in [2.45, 2.75) is 25.9 Å². The molecule has 0 spiro atoms. The fraction of sp³-hybridized carbons (Fsp3) is 0.300. The van der Waals surface area contributed by atoms with Crippen molar-refractivity contribution in [3.63, 3.8) is 0 Å². The number of rotatable bonds is 4. The molecule has 2 aromatic heterocycles. The number of hydrogen-bond donors (Lipinski definition) is 1. The van der Waals surface area contributed by atoms with Crippen LogP contribution in [-0.2, 0) is 4.74 Å². The minimum Gasteiger partial charge on any atom is -0.376 e. The molecule has 26 heavy (non-hydrogen) atoms. The van der Waals surface area contributed by atoms with Gasteiger partial charge >= 0.3 is 0 Å². The first-order valence-corrected chi connectivity index (χ1v) is 10.3. The first kappa shape index (κ1) is 17.6. The Morgan fingerprint density at radius 2 is 2.31 bits per heavy atom. The predicted octanol–water partition coefficient (Wildman–Crippen LogP) is 4.94. The molecule has 1 fully saturated rings. The number of thiophene rings is 1. The minimum atomic E-state index is -0.0804. The zero-order valence-corrected chi connectivity index (χ0v) is 16.8. The minimum absolute atomic E-state index is 0.0804. The summed E-state index contributed by atoms with van der Waals surface area (Å²) in [6.45, 7) is 3.35. The molecule has 0 unspecified atom stereocenters. The standard InChI is InChI=1S/C20H19BrN2O2S/c1-12-8-13(21)9-15-16(20(24)22-11-14-4-2-6-25-14)10-17(23-19(12)15)18-5-3-7-26-18/h3,5,7-10,14H,2,4,6,11H2,1H3,(H,22,24)/t14-/m1/s1. The Hall–Kier alpha value is -1.76. The van der Waals surface area contributed by atoms with Crippen LogP contribution in [0.3, 0.4) is 0 Å². The largest absolute Gasteiger partial charge is 0.376 e. The van der Waals surface area contributed by atoms with Crippen LogP contribution in [0.15, 0.2) is 40.2 Å². The zero-order chi connectivity index (χ0) is 18.1. The monoisotopic (exact) mass is 430 g/mol. The number of aromatic nitrogens is 1. The molecule has 1 aromatic carbocycles. The van der Waals surface area contributed by atoms with Crippen LogP contribution < -0.4 is 5.32 Å². The van der Waals surface area contributed by atoms with E-state index in [4.69, 9.17) is 9.72 Å². The highest BCUT2D eigenvalue weighted by atomic mass is 79.9. The summed E-state index contributed by atoms with van der Waals surface area (Å²) in [4.78, 5) is 18.8. The number of amides is 1. The zero-order valence-electron chi connectivity index (χ0n) is 14.4. The third-order valence-electron chi connectivity index (χ3n) is 4.60. The highest BCUT2D eigenvalue weighted by molar-refractivity contribution is 9.10. The summed E-state index contributed by atoms with van der Waals surface area (Å²) in [6.07, 6.45) is 2.19. The molecule has 0 aliphatic carbocycles. The Kier molecular flexibility index (Phi) is 5.07. The molecule has 1 aliphatic heterocycles. The van der Waals surface area contributed by atoms with Gasteiger partial charge in [-0.25, -0.2) is 4.98 Å². The SMILES string of the molecule is Cc1cc(Br)cc2c(C(=O)NC[C@H]3CCCO3)cc(-c3cccs3)nc12. The second-order valence-corrected chi connectivity index (χ2v) is 8.36. The number of benzene rings is 1. The average molecular weight is 431 g/mol. The summed E-state index contributed by atoms with van der Waals surface area (Å²) in [5, 5.41) is 5.92. The van der Waals surface area contributed by atoms with E-state index in [1.165, 1.54) is 0 Å². The molecule has 1 N–H and O–H groups in total. The van der Waals surface area contributed by atoms with E-state index in [2.05, 4.69) is 21.2 Å². The van der Waals surface area contributed by atoms with E-state index < -0.39 is 0 Å². The molecule has 3 aromatic rings. The number of carbonyl (C=O) groups excluding carboxylic acids is 1. The van der Waals surface area contributed by atoms with Crippen molar-refractivity contribution in [2.24, 2.45) is 0 Å². The summed E-state index contributed by atoms with van der Waals surface area (Å²) in [7, 11) is 0. The number of hydrogen-bond acceptors (Lipinski definition) is 4. The van der Waals surface area contributed by atoms with E-state index in [1.807, 2.05) is 42.6 Å². The maximum absolute atomic E-state index is 13.0. The molecule has 1 amide bonds.